The van der Waals surface area contributed by atoms with E-state index in [4.69, 9.17) is 23.2 Å². The molecule has 130 valence electrons. The Morgan fingerprint density at radius 3 is 2.88 bits per heavy atom. The van der Waals surface area contributed by atoms with E-state index in [2.05, 4.69) is 15.3 Å². The summed E-state index contributed by atoms with van der Waals surface area (Å²) in [6.45, 7) is 3.64. The van der Waals surface area contributed by atoms with Gasteiger partial charge in [0.05, 0.1) is 21.3 Å². The number of halogens is 2. The fourth-order valence-electron chi connectivity index (χ4n) is 2.14. The Morgan fingerprint density at radius 1 is 1.36 bits per heavy atom. The van der Waals surface area contributed by atoms with Crippen molar-refractivity contribution >= 4 is 68.1 Å². The SMILES string of the molecule is Cc1cc2c(=O)[nH]c(SC(C)C(=O)Nc3cc(Cl)ccc3Cl)nc2s1. The zero-order chi connectivity index (χ0) is 18.1. The van der Waals surface area contributed by atoms with Gasteiger partial charge in [0.1, 0.15) is 4.83 Å². The number of anilines is 1. The van der Waals surface area contributed by atoms with E-state index < -0.39 is 5.25 Å². The quantitative estimate of drug-likeness (QED) is 0.479. The van der Waals surface area contributed by atoms with Gasteiger partial charge in [0.25, 0.3) is 5.56 Å². The summed E-state index contributed by atoms with van der Waals surface area (Å²) in [5, 5.41) is 4.09. The summed E-state index contributed by atoms with van der Waals surface area (Å²) in [4.78, 5) is 33.3. The molecule has 0 aliphatic carbocycles. The second-order valence-corrected chi connectivity index (χ2v) is 8.73. The number of rotatable bonds is 4. The molecule has 0 saturated carbocycles. The minimum atomic E-state index is -0.489. The van der Waals surface area contributed by atoms with E-state index in [-0.39, 0.29) is 11.5 Å². The van der Waals surface area contributed by atoms with Crippen LogP contribution in [0.15, 0.2) is 34.2 Å². The molecule has 0 radical (unpaired) electrons. The van der Waals surface area contributed by atoms with Crippen molar-refractivity contribution in [2.45, 2.75) is 24.3 Å². The first-order valence-electron chi connectivity index (χ1n) is 7.26. The summed E-state index contributed by atoms with van der Waals surface area (Å²) in [6, 6.07) is 6.64. The van der Waals surface area contributed by atoms with Crippen molar-refractivity contribution in [1.29, 1.82) is 0 Å². The van der Waals surface area contributed by atoms with Crippen LogP contribution in [-0.2, 0) is 4.79 Å². The number of H-pyrrole nitrogens is 1. The summed E-state index contributed by atoms with van der Waals surface area (Å²) in [5.74, 6) is -0.265. The molecule has 0 spiro atoms. The molecule has 2 N–H and O–H groups in total. The number of thioether (sulfide) groups is 1. The van der Waals surface area contributed by atoms with Crippen LogP contribution >= 0.6 is 46.3 Å². The van der Waals surface area contributed by atoms with Crippen molar-refractivity contribution in [1.82, 2.24) is 9.97 Å². The number of benzene rings is 1. The molecule has 0 bridgehead atoms. The van der Waals surface area contributed by atoms with E-state index in [0.29, 0.717) is 31.1 Å². The van der Waals surface area contributed by atoms with Crippen LogP contribution in [0.5, 0.6) is 0 Å². The maximum Gasteiger partial charge on any atom is 0.260 e. The highest BCUT2D eigenvalue weighted by Gasteiger charge is 2.18. The first-order chi connectivity index (χ1) is 11.8. The summed E-state index contributed by atoms with van der Waals surface area (Å²) in [6.07, 6.45) is 0. The third-order valence-corrected chi connectivity index (χ3v) is 5.84. The van der Waals surface area contributed by atoms with Crippen LogP contribution < -0.4 is 10.9 Å². The van der Waals surface area contributed by atoms with Gasteiger partial charge in [-0.3, -0.25) is 9.59 Å². The highest BCUT2D eigenvalue weighted by atomic mass is 35.5. The predicted molar refractivity (Wildman–Crippen MR) is 105 cm³/mol. The molecule has 2 heterocycles. The molecule has 0 saturated heterocycles. The van der Waals surface area contributed by atoms with Gasteiger partial charge in [0.2, 0.25) is 5.91 Å². The lowest BCUT2D eigenvalue weighted by Crippen LogP contribution is -2.23. The van der Waals surface area contributed by atoms with E-state index in [1.807, 2.05) is 6.92 Å². The van der Waals surface area contributed by atoms with Crippen LogP contribution in [-0.4, -0.2) is 21.1 Å². The zero-order valence-corrected chi connectivity index (χ0v) is 16.4. The molecule has 0 aliphatic rings. The molecule has 3 aromatic rings. The number of aromatic amines is 1. The molecule has 0 aliphatic heterocycles. The minimum Gasteiger partial charge on any atom is -0.324 e. The third kappa shape index (κ3) is 4.17. The number of carbonyl (C=O) groups excluding carboxylic acids is 1. The second-order valence-electron chi connectivity index (χ2n) is 5.32. The van der Waals surface area contributed by atoms with Gasteiger partial charge in [0.15, 0.2) is 5.16 Å². The lowest BCUT2D eigenvalue weighted by molar-refractivity contribution is -0.115. The third-order valence-electron chi connectivity index (χ3n) is 3.35. The standard InChI is InChI=1S/C16H13Cl2N3O2S2/c1-7-5-10-14(23)20-16(21-15(10)24-7)25-8(2)13(22)19-12-6-9(17)3-4-11(12)18/h3-6,8H,1-2H3,(H,19,22)(H,20,21,23). The average molecular weight is 414 g/mol. The molecule has 3 rings (SSSR count). The van der Waals surface area contributed by atoms with Crippen molar-refractivity contribution in [2.75, 3.05) is 5.32 Å². The lowest BCUT2D eigenvalue weighted by atomic mass is 10.3. The van der Waals surface area contributed by atoms with Crippen LogP contribution in [0, 0.1) is 6.92 Å². The highest BCUT2D eigenvalue weighted by Crippen LogP contribution is 2.28. The minimum absolute atomic E-state index is 0.206. The maximum absolute atomic E-state index is 12.4. The van der Waals surface area contributed by atoms with Crippen molar-refractivity contribution < 1.29 is 4.79 Å². The molecule has 9 heteroatoms. The summed E-state index contributed by atoms with van der Waals surface area (Å²) >= 11 is 14.6. The Bertz CT molecular complexity index is 1020. The van der Waals surface area contributed by atoms with Crippen LogP contribution in [0.3, 0.4) is 0 Å². The second kappa shape index (κ2) is 7.37. The van der Waals surface area contributed by atoms with Gasteiger partial charge in [-0.15, -0.1) is 11.3 Å². The molecule has 2 aromatic heterocycles. The van der Waals surface area contributed by atoms with Crippen LogP contribution in [0.2, 0.25) is 10.0 Å². The van der Waals surface area contributed by atoms with E-state index in [1.54, 1.807) is 31.2 Å². The zero-order valence-electron chi connectivity index (χ0n) is 13.2. The fourth-order valence-corrected chi connectivity index (χ4v) is 4.21. The number of carbonyl (C=O) groups is 1. The first-order valence-corrected chi connectivity index (χ1v) is 9.71. The number of fused-ring (bicyclic) bond motifs is 1. The molecule has 1 unspecified atom stereocenters. The van der Waals surface area contributed by atoms with Gasteiger partial charge in [-0.1, -0.05) is 35.0 Å². The van der Waals surface area contributed by atoms with Gasteiger partial charge in [-0.25, -0.2) is 4.98 Å². The maximum atomic E-state index is 12.4. The molecule has 25 heavy (non-hydrogen) atoms. The Labute approximate surface area is 161 Å². The Balaban J connectivity index is 1.77. The van der Waals surface area contributed by atoms with E-state index in [9.17, 15) is 9.59 Å². The smallest absolute Gasteiger partial charge is 0.260 e. The van der Waals surface area contributed by atoms with E-state index in [1.165, 1.54) is 23.1 Å². The van der Waals surface area contributed by atoms with Crippen LogP contribution in [0.25, 0.3) is 10.2 Å². The number of nitrogens with one attached hydrogen (secondary N) is 2. The number of aryl methyl sites for hydroxylation is 1. The van der Waals surface area contributed by atoms with Crippen molar-refractivity contribution in [3.8, 4) is 0 Å². The van der Waals surface area contributed by atoms with Crippen molar-refractivity contribution in [2.24, 2.45) is 0 Å². The monoisotopic (exact) mass is 413 g/mol. The largest absolute Gasteiger partial charge is 0.324 e. The molecule has 5 nitrogen and oxygen atoms in total. The number of aromatic nitrogens is 2. The Morgan fingerprint density at radius 2 is 2.12 bits per heavy atom. The molecule has 1 amide bonds. The van der Waals surface area contributed by atoms with Crippen LogP contribution in [0.4, 0.5) is 5.69 Å². The number of hydrogen-bond donors (Lipinski definition) is 2. The van der Waals surface area contributed by atoms with Gasteiger partial charge in [-0.2, -0.15) is 0 Å². The number of hydrogen-bond acceptors (Lipinski definition) is 5. The predicted octanol–water partition coefficient (Wildman–Crippen LogP) is 4.72. The molecular weight excluding hydrogens is 401 g/mol. The number of amides is 1. The lowest BCUT2D eigenvalue weighted by Gasteiger charge is -2.12. The summed E-state index contributed by atoms with van der Waals surface area (Å²) in [5.41, 5.74) is 0.236. The number of thiophene rings is 1. The number of nitrogens with zero attached hydrogens (tertiary/aromatic N) is 1. The van der Waals surface area contributed by atoms with Gasteiger partial charge in [0, 0.05) is 9.90 Å². The molecule has 0 fully saturated rings. The highest BCUT2D eigenvalue weighted by molar-refractivity contribution is 8.00. The molecule has 1 aromatic carbocycles. The normalized spacial score (nSPS) is 12.3. The average Bonchev–Trinajstić information content (AvgIpc) is 2.91. The van der Waals surface area contributed by atoms with Gasteiger partial charge >= 0.3 is 0 Å². The topological polar surface area (TPSA) is 74.8 Å². The van der Waals surface area contributed by atoms with Gasteiger partial charge in [-0.05, 0) is 38.1 Å². The van der Waals surface area contributed by atoms with Crippen molar-refractivity contribution in [3.63, 3.8) is 0 Å². The summed E-state index contributed by atoms with van der Waals surface area (Å²) in [7, 11) is 0. The Hall–Kier alpha value is -1.54. The summed E-state index contributed by atoms with van der Waals surface area (Å²) < 4.78 is 0. The molecule has 1 atom stereocenters. The van der Waals surface area contributed by atoms with E-state index >= 15 is 0 Å². The Kier molecular flexibility index (Phi) is 5.38. The van der Waals surface area contributed by atoms with Crippen molar-refractivity contribution in [3.05, 3.63) is 49.5 Å². The van der Waals surface area contributed by atoms with E-state index in [0.717, 1.165) is 4.88 Å². The van der Waals surface area contributed by atoms with Gasteiger partial charge < -0.3 is 10.3 Å². The van der Waals surface area contributed by atoms with Crippen LogP contribution in [0.1, 0.15) is 11.8 Å². The fraction of sp³-hybridized carbons (Fsp3) is 0.188. The molecular formula is C16H13Cl2N3O2S2. The first kappa shape index (κ1) is 18.3.